The number of ether oxygens (including phenoxy) is 1. The van der Waals surface area contributed by atoms with Crippen molar-refractivity contribution in [2.75, 3.05) is 13.7 Å². The molecule has 0 aliphatic carbocycles. The molecule has 0 aliphatic rings. The lowest BCUT2D eigenvalue weighted by molar-refractivity contribution is 0.0909. The second-order valence-electron chi connectivity index (χ2n) is 4.39. The number of rotatable bonds is 7. The number of aliphatic hydroxyl groups is 1. The smallest absolute Gasteiger partial charge is 0.251 e. The Bertz CT molecular complexity index is 423. The molecule has 0 fully saturated rings. The van der Waals surface area contributed by atoms with Gasteiger partial charge in [0.05, 0.1) is 12.7 Å². The molecule has 1 aromatic rings. The van der Waals surface area contributed by atoms with Gasteiger partial charge in [0.2, 0.25) is 0 Å². The summed E-state index contributed by atoms with van der Waals surface area (Å²) in [5, 5.41) is 12.2. The number of methoxy groups -OCH3 is 1. The third-order valence-electron chi connectivity index (χ3n) is 2.73. The number of carbonyl (C=O) groups is 1. The molecular formula is C14H20FNO3. The summed E-state index contributed by atoms with van der Waals surface area (Å²) in [7, 11) is 1.47. The zero-order valence-electron chi connectivity index (χ0n) is 11.3. The number of hydrogen-bond donors (Lipinski definition) is 2. The molecule has 0 aliphatic heterocycles. The van der Waals surface area contributed by atoms with E-state index in [2.05, 4.69) is 5.32 Å². The van der Waals surface area contributed by atoms with Crippen molar-refractivity contribution in [3.8, 4) is 0 Å². The van der Waals surface area contributed by atoms with Crippen LogP contribution in [-0.2, 0) is 11.3 Å². The molecule has 1 amide bonds. The summed E-state index contributed by atoms with van der Waals surface area (Å²) in [5.41, 5.74) is 0.696. The summed E-state index contributed by atoms with van der Waals surface area (Å²) in [6.45, 7) is 2.27. The minimum Gasteiger partial charge on any atom is -0.391 e. The van der Waals surface area contributed by atoms with Gasteiger partial charge in [0.15, 0.2) is 0 Å². The summed E-state index contributed by atoms with van der Waals surface area (Å²) in [4.78, 5) is 11.8. The van der Waals surface area contributed by atoms with E-state index in [0.717, 1.165) is 6.42 Å². The van der Waals surface area contributed by atoms with Crippen LogP contribution in [0.15, 0.2) is 18.2 Å². The van der Waals surface area contributed by atoms with Crippen molar-refractivity contribution in [1.29, 1.82) is 0 Å². The highest BCUT2D eigenvalue weighted by atomic mass is 19.1. The van der Waals surface area contributed by atoms with Crippen molar-refractivity contribution < 1.29 is 19.0 Å². The molecule has 0 bridgehead atoms. The molecule has 5 heteroatoms. The van der Waals surface area contributed by atoms with Crippen molar-refractivity contribution in [2.24, 2.45) is 0 Å². The van der Waals surface area contributed by atoms with Crippen LogP contribution in [0.3, 0.4) is 0 Å². The maximum absolute atomic E-state index is 13.4. The molecule has 0 saturated heterocycles. The zero-order valence-corrected chi connectivity index (χ0v) is 11.3. The summed E-state index contributed by atoms with van der Waals surface area (Å²) >= 11 is 0. The van der Waals surface area contributed by atoms with Gasteiger partial charge >= 0.3 is 0 Å². The molecule has 106 valence electrons. The minimum atomic E-state index is -0.548. The maximum Gasteiger partial charge on any atom is 0.251 e. The van der Waals surface area contributed by atoms with Gasteiger partial charge in [-0.3, -0.25) is 4.79 Å². The highest BCUT2D eigenvalue weighted by Crippen LogP contribution is 2.11. The van der Waals surface area contributed by atoms with Gasteiger partial charge in [0, 0.05) is 24.8 Å². The molecule has 0 saturated carbocycles. The van der Waals surface area contributed by atoms with E-state index in [1.54, 1.807) is 0 Å². The lowest BCUT2D eigenvalue weighted by Gasteiger charge is -2.11. The lowest BCUT2D eigenvalue weighted by Crippen LogP contribution is -2.32. The van der Waals surface area contributed by atoms with Gasteiger partial charge < -0.3 is 15.2 Å². The van der Waals surface area contributed by atoms with Gasteiger partial charge in [0.1, 0.15) is 5.82 Å². The largest absolute Gasteiger partial charge is 0.391 e. The average Bonchev–Trinajstić information content (AvgIpc) is 2.39. The number of nitrogens with one attached hydrogen (secondary N) is 1. The zero-order chi connectivity index (χ0) is 14.3. The van der Waals surface area contributed by atoms with E-state index in [1.165, 1.54) is 25.3 Å². The van der Waals surface area contributed by atoms with Crippen molar-refractivity contribution in [3.05, 3.63) is 35.1 Å². The highest BCUT2D eigenvalue weighted by Gasteiger charge is 2.11. The first-order valence-electron chi connectivity index (χ1n) is 6.32. The Balaban J connectivity index is 2.64. The summed E-state index contributed by atoms with van der Waals surface area (Å²) in [6, 6.07) is 4.11. The fraction of sp³-hybridized carbons (Fsp3) is 0.500. The van der Waals surface area contributed by atoms with E-state index in [1.807, 2.05) is 6.92 Å². The second-order valence-corrected chi connectivity index (χ2v) is 4.39. The van der Waals surface area contributed by atoms with E-state index >= 15 is 0 Å². The van der Waals surface area contributed by atoms with Gasteiger partial charge in [-0.1, -0.05) is 13.3 Å². The van der Waals surface area contributed by atoms with Crippen LogP contribution in [0.1, 0.15) is 35.7 Å². The predicted molar refractivity (Wildman–Crippen MR) is 70.4 cm³/mol. The van der Waals surface area contributed by atoms with Crippen molar-refractivity contribution in [3.63, 3.8) is 0 Å². The third kappa shape index (κ3) is 4.96. The van der Waals surface area contributed by atoms with Crippen LogP contribution in [0.2, 0.25) is 0 Å². The summed E-state index contributed by atoms with van der Waals surface area (Å²) in [6.07, 6.45) is 0.942. The van der Waals surface area contributed by atoms with Crippen LogP contribution in [0.5, 0.6) is 0 Å². The van der Waals surface area contributed by atoms with Crippen molar-refractivity contribution >= 4 is 5.91 Å². The number of hydrogen-bond acceptors (Lipinski definition) is 3. The quantitative estimate of drug-likeness (QED) is 0.794. The van der Waals surface area contributed by atoms with E-state index in [4.69, 9.17) is 4.74 Å². The molecule has 1 atom stereocenters. The Kier molecular flexibility index (Phi) is 6.45. The Labute approximate surface area is 112 Å². The third-order valence-corrected chi connectivity index (χ3v) is 2.73. The number of amides is 1. The lowest BCUT2D eigenvalue weighted by atomic mass is 10.1. The van der Waals surface area contributed by atoms with E-state index in [-0.39, 0.29) is 19.1 Å². The summed E-state index contributed by atoms with van der Waals surface area (Å²) < 4.78 is 18.2. The molecule has 1 aromatic carbocycles. The van der Waals surface area contributed by atoms with Crippen LogP contribution in [0.4, 0.5) is 4.39 Å². The van der Waals surface area contributed by atoms with Crippen LogP contribution >= 0.6 is 0 Å². The minimum absolute atomic E-state index is 0.116. The molecule has 19 heavy (non-hydrogen) atoms. The Morgan fingerprint density at radius 1 is 1.53 bits per heavy atom. The van der Waals surface area contributed by atoms with Crippen LogP contribution in [-0.4, -0.2) is 30.8 Å². The van der Waals surface area contributed by atoms with Gasteiger partial charge in [-0.05, 0) is 24.6 Å². The molecule has 0 aromatic heterocycles. The first-order chi connectivity index (χ1) is 9.08. The first-order valence-corrected chi connectivity index (χ1v) is 6.32. The highest BCUT2D eigenvalue weighted by molar-refractivity contribution is 5.94. The van der Waals surface area contributed by atoms with Gasteiger partial charge in [-0.15, -0.1) is 0 Å². The molecule has 4 nitrogen and oxygen atoms in total. The maximum atomic E-state index is 13.4. The van der Waals surface area contributed by atoms with Crippen LogP contribution < -0.4 is 5.32 Å². The first kappa shape index (κ1) is 15.6. The van der Waals surface area contributed by atoms with Crippen LogP contribution in [0, 0.1) is 5.82 Å². The molecule has 1 rings (SSSR count). The Morgan fingerprint density at radius 3 is 2.89 bits per heavy atom. The fourth-order valence-corrected chi connectivity index (χ4v) is 1.73. The van der Waals surface area contributed by atoms with Gasteiger partial charge in [-0.2, -0.15) is 0 Å². The summed E-state index contributed by atoms with van der Waals surface area (Å²) in [5.74, 6) is -0.725. The monoisotopic (exact) mass is 269 g/mol. The molecule has 1 unspecified atom stereocenters. The number of aliphatic hydroxyl groups excluding tert-OH is 1. The molecular weight excluding hydrogens is 249 g/mol. The molecule has 0 heterocycles. The molecule has 0 spiro atoms. The Hall–Kier alpha value is -1.46. The number of benzene rings is 1. The molecule has 2 N–H and O–H groups in total. The van der Waals surface area contributed by atoms with Crippen molar-refractivity contribution in [1.82, 2.24) is 5.32 Å². The van der Waals surface area contributed by atoms with E-state index < -0.39 is 11.9 Å². The average molecular weight is 269 g/mol. The van der Waals surface area contributed by atoms with Gasteiger partial charge in [-0.25, -0.2) is 4.39 Å². The molecule has 0 radical (unpaired) electrons. The second kappa shape index (κ2) is 7.86. The number of halogens is 1. The fourth-order valence-electron chi connectivity index (χ4n) is 1.73. The van der Waals surface area contributed by atoms with Crippen molar-refractivity contribution in [2.45, 2.75) is 32.5 Å². The van der Waals surface area contributed by atoms with Crippen LogP contribution in [0.25, 0.3) is 0 Å². The van der Waals surface area contributed by atoms with Gasteiger partial charge in [0.25, 0.3) is 5.91 Å². The SMILES string of the molecule is CCCC(O)CNC(=O)c1ccc(F)c(COC)c1. The normalized spacial score (nSPS) is 12.2. The standard InChI is InChI=1S/C14H20FNO3/c1-3-4-12(17)8-16-14(18)10-5-6-13(15)11(7-10)9-19-2/h5-7,12,17H,3-4,8-9H2,1-2H3,(H,16,18). The van der Waals surface area contributed by atoms with E-state index in [9.17, 15) is 14.3 Å². The Morgan fingerprint density at radius 2 is 2.26 bits per heavy atom. The van der Waals surface area contributed by atoms with E-state index in [0.29, 0.717) is 17.5 Å². The topological polar surface area (TPSA) is 58.6 Å². The number of carbonyl (C=O) groups excluding carboxylic acids is 1. The predicted octanol–water partition coefficient (Wildman–Crippen LogP) is 1.86.